The van der Waals surface area contributed by atoms with E-state index >= 15 is 0 Å². The van der Waals surface area contributed by atoms with Crippen LogP contribution in [0.5, 0.6) is 0 Å². The van der Waals surface area contributed by atoms with Crippen molar-refractivity contribution in [3.8, 4) is 0 Å². The SMILES string of the molecule is C=C(/C=C\C(=C/C)c1c(F)ccc(Cl)c1F)C(Cc1ccccc1)C(=O)NC12CCC(C(=O)O)(CC1)CC2. The highest BCUT2D eigenvalue weighted by atomic mass is 35.5. The van der Waals surface area contributed by atoms with Crippen LogP contribution in [0.4, 0.5) is 8.78 Å². The maximum Gasteiger partial charge on any atom is 0.309 e. The molecular formula is C31H32ClF2NO3. The van der Waals surface area contributed by atoms with Gasteiger partial charge in [-0.1, -0.05) is 66.7 Å². The van der Waals surface area contributed by atoms with Crippen LogP contribution in [0.15, 0.2) is 72.8 Å². The molecule has 0 spiro atoms. The fourth-order valence-corrected chi connectivity index (χ4v) is 5.87. The fraction of sp³-hybridized carbons (Fsp3) is 0.355. The van der Waals surface area contributed by atoms with Crippen molar-refractivity contribution in [1.29, 1.82) is 0 Å². The zero-order valence-electron chi connectivity index (χ0n) is 21.4. The number of amides is 1. The van der Waals surface area contributed by atoms with Gasteiger partial charge in [-0.05, 0) is 80.7 Å². The van der Waals surface area contributed by atoms with E-state index in [4.69, 9.17) is 11.6 Å². The predicted octanol–water partition coefficient (Wildman–Crippen LogP) is 7.29. The van der Waals surface area contributed by atoms with Crippen LogP contribution in [-0.4, -0.2) is 22.5 Å². The largest absolute Gasteiger partial charge is 0.481 e. The molecule has 3 fully saturated rings. The monoisotopic (exact) mass is 539 g/mol. The van der Waals surface area contributed by atoms with Gasteiger partial charge in [0, 0.05) is 5.54 Å². The second kappa shape index (κ2) is 11.2. The highest BCUT2D eigenvalue weighted by Gasteiger charge is 2.53. The topological polar surface area (TPSA) is 66.4 Å². The van der Waals surface area contributed by atoms with Crippen molar-refractivity contribution in [1.82, 2.24) is 5.32 Å². The number of nitrogens with one attached hydrogen (secondary N) is 1. The average molecular weight is 540 g/mol. The first kappa shape index (κ1) is 27.8. The summed E-state index contributed by atoms with van der Waals surface area (Å²) in [6, 6.07) is 11.9. The van der Waals surface area contributed by atoms with Gasteiger partial charge in [0.05, 0.1) is 21.9 Å². The molecule has 2 aromatic rings. The second-order valence-electron chi connectivity index (χ2n) is 10.5. The van der Waals surface area contributed by atoms with E-state index in [-0.39, 0.29) is 22.1 Å². The Morgan fingerprint density at radius 2 is 1.68 bits per heavy atom. The molecular weight excluding hydrogens is 508 g/mol. The molecule has 4 nitrogen and oxygen atoms in total. The van der Waals surface area contributed by atoms with Crippen molar-refractivity contribution < 1.29 is 23.5 Å². The van der Waals surface area contributed by atoms with Crippen LogP contribution in [0, 0.1) is 23.0 Å². The van der Waals surface area contributed by atoms with Crippen LogP contribution in [-0.2, 0) is 16.0 Å². The lowest BCUT2D eigenvalue weighted by molar-refractivity contribution is -0.157. The summed E-state index contributed by atoms with van der Waals surface area (Å²) in [5.41, 5.74) is 0.403. The van der Waals surface area contributed by atoms with Crippen molar-refractivity contribution in [3.63, 3.8) is 0 Å². The summed E-state index contributed by atoms with van der Waals surface area (Å²) >= 11 is 5.88. The molecule has 2 N–H and O–H groups in total. The van der Waals surface area contributed by atoms with E-state index in [9.17, 15) is 23.5 Å². The smallest absolute Gasteiger partial charge is 0.309 e. The van der Waals surface area contributed by atoms with Gasteiger partial charge in [-0.3, -0.25) is 9.59 Å². The van der Waals surface area contributed by atoms with Gasteiger partial charge in [0.1, 0.15) is 5.82 Å². The first-order valence-electron chi connectivity index (χ1n) is 12.9. The van der Waals surface area contributed by atoms with Gasteiger partial charge >= 0.3 is 5.97 Å². The normalized spacial score (nSPS) is 23.8. The standard InChI is InChI=1S/C31H32ClF2NO3/c1-3-22(26-25(33)12-11-24(32)27(26)34)10-9-20(2)23(19-21-7-5-4-6-8-21)28(36)35-31-16-13-30(14-17-31,15-18-31)29(37)38/h3-12,23H,2,13-19H2,1H3,(H,35,36)(H,37,38)/b10-9-,22-3+. The van der Waals surface area contributed by atoms with E-state index in [1.807, 2.05) is 30.3 Å². The molecule has 1 unspecified atom stereocenters. The van der Waals surface area contributed by atoms with Crippen LogP contribution in [0.25, 0.3) is 5.57 Å². The third-order valence-electron chi connectivity index (χ3n) is 8.26. The third-order valence-corrected chi connectivity index (χ3v) is 8.55. The van der Waals surface area contributed by atoms with Crippen molar-refractivity contribution in [2.24, 2.45) is 11.3 Å². The number of hydrogen-bond acceptors (Lipinski definition) is 2. The highest BCUT2D eigenvalue weighted by molar-refractivity contribution is 6.31. The van der Waals surface area contributed by atoms with Gasteiger partial charge in [-0.2, -0.15) is 0 Å². The van der Waals surface area contributed by atoms with Crippen LogP contribution in [0.2, 0.25) is 5.02 Å². The molecule has 3 aliphatic rings. The van der Waals surface area contributed by atoms with Crippen molar-refractivity contribution in [3.05, 3.63) is 101 Å². The van der Waals surface area contributed by atoms with Crippen LogP contribution in [0.1, 0.15) is 56.6 Å². The van der Waals surface area contributed by atoms with Crippen LogP contribution in [0.3, 0.4) is 0 Å². The third kappa shape index (κ3) is 5.60. The number of halogens is 3. The molecule has 0 saturated heterocycles. The van der Waals surface area contributed by atoms with E-state index in [1.165, 1.54) is 6.07 Å². The lowest BCUT2D eigenvalue weighted by Gasteiger charge is -2.51. The van der Waals surface area contributed by atoms with E-state index in [1.54, 1.807) is 25.2 Å². The molecule has 3 aliphatic carbocycles. The summed E-state index contributed by atoms with van der Waals surface area (Å²) in [4.78, 5) is 25.5. The van der Waals surface area contributed by atoms with Gasteiger partial charge in [-0.25, -0.2) is 8.78 Å². The Kier molecular flexibility index (Phi) is 8.22. The van der Waals surface area contributed by atoms with Gasteiger partial charge in [0.25, 0.3) is 0 Å². The van der Waals surface area contributed by atoms with E-state index in [0.29, 0.717) is 50.5 Å². The number of fused-ring (bicyclic) bond motifs is 3. The molecule has 2 bridgehead atoms. The number of carbonyl (C=O) groups excluding carboxylic acids is 1. The molecule has 38 heavy (non-hydrogen) atoms. The lowest BCUT2D eigenvalue weighted by atomic mass is 9.57. The minimum atomic E-state index is -0.847. The summed E-state index contributed by atoms with van der Waals surface area (Å²) in [7, 11) is 0. The molecule has 5 rings (SSSR count). The minimum Gasteiger partial charge on any atom is -0.481 e. The molecule has 2 aromatic carbocycles. The summed E-state index contributed by atoms with van der Waals surface area (Å²) in [5.74, 6) is -3.14. The summed E-state index contributed by atoms with van der Waals surface area (Å²) in [6.45, 7) is 5.82. The van der Waals surface area contributed by atoms with Gasteiger partial charge < -0.3 is 10.4 Å². The number of carbonyl (C=O) groups is 2. The van der Waals surface area contributed by atoms with Gasteiger partial charge in [0.15, 0.2) is 5.82 Å². The predicted molar refractivity (Wildman–Crippen MR) is 146 cm³/mol. The Morgan fingerprint density at radius 1 is 1.05 bits per heavy atom. The first-order chi connectivity index (χ1) is 18.1. The molecule has 0 aliphatic heterocycles. The zero-order valence-corrected chi connectivity index (χ0v) is 22.2. The van der Waals surface area contributed by atoms with Gasteiger partial charge in [0.2, 0.25) is 5.91 Å². The lowest BCUT2D eigenvalue weighted by Crippen LogP contribution is -2.59. The number of aliphatic carboxylic acids is 1. The number of hydrogen-bond donors (Lipinski definition) is 2. The molecule has 0 heterocycles. The Labute approximate surface area is 227 Å². The Bertz CT molecular complexity index is 1280. The van der Waals surface area contributed by atoms with E-state index in [0.717, 1.165) is 11.6 Å². The second-order valence-corrected chi connectivity index (χ2v) is 10.9. The van der Waals surface area contributed by atoms with Crippen LogP contribution < -0.4 is 5.32 Å². The number of carboxylic acid groups (broad SMARTS) is 1. The molecule has 0 aromatic heterocycles. The number of allylic oxidation sites excluding steroid dienone is 4. The summed E-state index contributed by atoms with van der Waals surface area (Å²) in [6.07, 6.45) is 8.67. The molecule has 0 radical (unpaired) electrons. The number of benzene rings is 2. The van der Waals surface area contributed by atoms with E-state index in [2.05, 4.69) is 11.9 Å². The van der Waals surface area contributed by atoms with Crippen molar-refractivity contribution >= 4 is 29.1 Å². The maximum absolute atomic E-state index is 14.7. The minimum absolute atomic E-state index is 0.180. The zero-order chi connectivity index (χ0) is 27.5. The highest BCUT2D eigenvalue weighted by Crippen LogP contribution is 2.52. The molecule has 7 heteroatoms. The summed E-state index contributed by atoms with van der Waals surface area (Å²) < 4.78 is 29.1. The van der Waals surface area contributed by atoms with Crippen molar-refractivity contribution in [2.45, 2.75) is 57.4 Å². The van der Waals surface area contributed by atoms with E-state index < -0.39 is 34.5 Å². The summed E-state index contributed by atoms with van der Waals surface area (Å²) in [5, 5.41) is 12.8. The molecule has 3 saturated carbocycles. The van der Waals surface area contributed by atoms with Crippen LogP contribution >= 0.6 is 11.6 Å². The first-order valence-corrected chi connectivity index (χ1v) is 13.2. The Morgan fingerprint density at radius 3 is 2.26 bits per heavy atom. The average Bonchev–Trinajstić information content (AvgIpc) is 2.92. The molecule has 1 amide bonds. The Balaban J connectivity index is 1.57. The maximum atomic E-state index is 14.7. The number of rotatable bonds is 9. The van der Waals surface area contributed by atoms with Crippen molar-refractivity contribution in [2.75, 3.05) is 0 Å². The van der Waals surface area contributed by atoms with Gasteiger partial charge in [-0.15, -0.1) is 0 Å². The molecule has 1 atom stereocenters. The molecule has 200 valence electrons. The fourth-order valence-electron chi connectivity index (χ4n) is 5.71. The Hall–Kier alpha value is -3.25. The number of carboxylic acids is 1. The quantitative estimate of drug-likeness (QED) is 0.260.